The summed E-state index contributed by atoms with van der Waals surface area (Å²) in [7, 11) is 1.49. The van der Waals surface area contributed by atoms with Crippen molar-refractivity contribution in [2.45, 2.75) is 0 Å². The second-order valence-electron chi connectivity index (χ2n) is 4.92. The second-order valence-corrected chi connectivity index (χ2v) is 5.84. The Balaban J connectivity index is 2.08. The molecule has 4 nitrogen and oxygen atoms in total. The molecule has 0 bridgehead atoms. The van der Waals surface area contributed by atoms with Crippen LogP contribution >= 0.6 is 15.9 Å². The number of carbonyl (C=O) groups excluding carboxylic acids is 2. The Morgan fingerprint density at radius 2 is 1.68 bits per heavy atom. The maximum absolute atomic E-state index is 12.4. The maximum Gasteiger partial charge on any atom is 0.277 e. The van der Waals surface area contributed by atoms with Crippen molar-refractivity contribution in [3.8, 4) is 0 Å². The third-order valence-corrected chi connectivity index (χ3v) is 3.94. The van der Waals surface area contributed by atoms with Gasteiger partial charge in [0.2, 0.25) is 0 Å². The van der Waals surface area contributed by atoms with E-state index in [0.29, 0.717) is 11.3 Å². The molecule has 22 heavy (non-hydrogen) atoms. The van der Waals surface area contributed by atoms with Gasteiger partial charge in [0.1, 0.15) is 5.70 Å². The number of nitrogens with zero attached hydrogens (tertiary/aromatic N) is 1. The number of rotatable bonds is 3. The van der Waals surface area contributed by atoms with Gasteiger partial charge >= 0.3 is 0 Å². The Morgan fingerprint density at radius 3 is 2.36 bits per heavy atom. The predicted octanol–water partition coefficient (Wildman–Crippen LogP) is 3.27. The third-order valence-electron chi connectivity index (χ3n) is 3.44. The van der Waals surface area contributed by atoms with Gasteiger partial charge in [0.15, 0.2) is 0 Å². The molecule has 1 aliphatic heterocycles. The summed E-state index contributed by atoms with van der Waals surface area (Å²) in [5, 5.41) is 3.08. The zero-order valence-corrected chi connectivity index (χ0v) is 13.4. The first-order chi connectivity index (χ1) is 10.6. The Morgan fingerprint density at radius 1 is 0.955 bits per heavy atom. The van der Waals surface area contributed by atoms with Crippen LogP contribution < -0.4 is 5.32 Å². The number of anilines is 1. The molecule has 2 amide bonds. The highest BCUT2D eigenvalue weighted by Crippen LogP contribution is 2.29. The van der Waals surface area contributed by atoms with Crippen LogP contribution in [-0.2, 0) is 9.59 Å². The molecule has 0 radical (unpaired) electrons. The van der Waals surface area contributed by atoms with Crippen molar-refractivity contribution >= 4 is 39.0 Å². The molecule has 1 N–H and O–H groups in total. The van der Waals surface area contributed by atoms with Gasteiger partial charge in [-0.05, 0) is 23.8 Å². The minimum absolute atomic E-state index is 0.298. The first-order valence-corrected chi connectivity index (χ1v) is 7.52. The van der Waals surface area contributed by atoms with Gasteiger partial charge in [-0.2, -0.15) is 0 Å². The molecule has 0 aromatic heterocycles. The number of likely N-dealkylation sites (N-methyl/N-ethyl adjacent to an activating group) is 1. The Labute approximate surface area is 136 Å². The SMILES string of the molecule is CN1C(=O)C(Nc2cccc(Br)c2)=C(c2ccccc2)C1=O. The summed E-state index contributed by atoms with van der Waals surface area (Å²) in [6.07, 6.45) is 0. The smallest absolute Gasteiger partial charge is 0.277 e. The van der Waals surface area contributed by atoms with E-state index in [0.717, 1.165) is 20.6 Å². The van der Waals surface area contributed by atoms with E-state index in [1.807, 2.05) is 54.6 Å². The maximum atomic E-state index is 12.4. The molecule has 0 unspecified atom stereocenters. The van der Waals surface area contributed by atoms with E-state index in [2.05, 4.69) is 21.2 Å². The number of halogens is 1. The summed E-state index contributed by atoms with van der Waals surface area (Å²) in [6.45, 7) is 0. The van der Waals surface area contributed by atoms with Gasteiger partial charge in [0.05, 0.1) is 5.57 Å². The zero-order valence-electron chi connectivity index (χ0n) is 11.8. The van der Waals surface area contributed by atoms with Crippen molar-refractivity contribution in [3.63, 3.8) is 0 Å². The fraction of sp³-hybridized carbons (Fsp3) is 0.0588. The first-order valence-electron chi connectivity index (χ1n) is 6.72. The van der Waals surface area contributed by atoms with Crippen molar-refractivity contribution in [1.29, 1.82) is 0 Å². The average molecular weight is 357 g/mol. The molecule has 3 rings (SSSR count). The van der Waals surface area contributed by atoms with Crippen LogP contribution in [-0.4, -0.2) is 23.8 Å². The molecule has 0 saturated heterocycles. The van der Waals surface area contributed by atoms with Crippen LogP contribution in [0.25, 0.3) is 5.57 Å². The van der Waals surface area contributed by atoms with Crippen LogP contribution in [0.4, 0.5) is 5.69 Å². The summed E-state index contributed by atoms with van der Waals surface area (Å²) in [4.78, 5) is 25.9. The van der Waals surface area contributed by atoms with Gasteiger partial charge in [-0.25, -0.2) is 0 Å². The molecule has 0 aliphatic carbocycles. The van der Waals surface area contributed by atoms with E-state index in [-0.39, 0.29) is 11.8 Å². The molecule has 110 valence electrons. The lowest BCUT2D eigenvalue weighted by atomic mass is 10.0. The molecule has 5 heteroatoms. The van der Waals surface area contributed by atoms with Gasteiger partial charge in [0, 0.05) is 17.2 Å². The minimum Gasteiger partial charge on any atom is -0.350 e. The topological polar surface area (TPSA) is 49.4 Å². The molecule has 2 aromatic carbocycles. The highest BCUT2D eigenvalue weighted by molar-refractivity contribution is 9.10. The lowest BCUT2D eigenvalue weighted by Crippen LogP contribution is -2.27. The second kappa shape index (κ2) is 5.77. The fourth-order valence-corrected chi connectivity index (χ4v) is 2.74. The number of hydrogen-bond donors (Lipinski definition) is 1. The van der Waals surface area contributed by atoms with E-state index in [9.17, 15) is 9.59 Å². The van der Waals surface area contributed by atoms with Crippen molar-refractivity contribution in [1.82, 2.24) is 4.90 Å². The van der Waals surface area contributed by atoms with Crippen LogP contribution in [0.2, 0.25) is 0 Å². The normalized spacial score (nSPS) is 14.7. The standard InChI is InChI=1S/C17H13BrN2O2/c1-20-16(21)14(11-6-3-2-4-7-11)15(17(20)22)19-13-9-5-8-12(18)10-13/h2-10,19H,1H3. The van der Waals surface area contributed by atoms with Crippen molar-refractivity contribution in [2.75, 3.05) is 12.4 Å². The highest BCUT2D eigenvalue weighted by atomic mass is 79.9. The average Bonchev–Trinajstić information content (AvgIpc) is 2.73. The highest BCUT2D eigenvalue weighted by Gasteiger charge is 2.36. The van der Waals surface area contributed by atoms with E-state index in [1.165, 1.54) is 7.05 Å². The quantitative estimate of drug-likeness (QED) is 0.858. The van der Waals surface area contributed by atoms with E-state index >= 15 is 0 Å². The number of nitrogens with one attached hydrogen (secondary N) is 1. The molecule has 0 fully saturated rings. The molecule has 0 atom stereocenters. The van der Waals surface area contributed by atoms with Gasteiger partial charge in [-0.15, -0.1) is 0 Å². The molecule has 0 saturated carbocycles. The molecule has 1 aliphatic rings. The molecule has 0 spiro atoms. The van der Waals surface area contributed by atoms with Gasteiger partial charge < -0.3 is 5.32 Å². The van der Waals surface area contributed by atoms with Crippen LogP contribution in [0.5, 0.6) is 0 Å². The Kier molecular flexibility index (Phi) is 3.81. The monoisotopic (exact) mass is 356 g/mol. The van der Waals surface area contributed by atoms with Crippen molar-refractivity contribution in [3.05, 3.63) is 70.3 Å². The van der Waals surface area contributed by atoms with Gasteiger partial charge in [-0.1, -0.05) is 52.3 Å². The van der Waals surface area contributed by atoms with Gasteiger partial charge in [0.25, 0.3) is 11.8 Å². The number of amides is 2. The molecule has 1 heterocycles. The lowest BCUT2D eigenvalue weighted by molar-refractivity contribution is -0.135. The summed E-state index contributed by atoms with van der Waals surface area (Å²) in [5.41, 5.74) is 2.17. The van der Waals surface area contributed by atoms with Crippen molar-refractivity contribution in [2.24, 2.45) is 0 Å². The summed E-state index contributed by atoms with van der Waals surface area (Å²) >= 11 is 3.39. The molecule has 2 aromatic rings. The number of carbonyl (C=O) groups is 2. The Bertz CT molecular complexity index is 784. The lowest BCUT2D eigenvalue weighted by Gasteiger charge is -2.09. The number of imide groups is 1. The van der Waals surface area contributed by atoms with Crippen molar-refractivity contribution < 1.29 is 9.59 Å². The summed E-state index contributed by atoms with van der Waals surface area (Å²) < 4.78 is 0.893. The van der Waals surface area contributed by atoms with E-state index in [1.54, 1.807) is 0 Å². The van der Waals surface area contributed by atoms with Crippen LogP contribution in [0.3, 0.4) is 0 Å². The molecular formula is C17H13BrN2O2. The van der Waals surface area contributed by atoms with E-state index in [4.69, 9.17) is 0 Å². The van der Waals surface area contributed by atoms with Crippen LogP contribution in [0.15, 0.2) is 64.8 Å². The fourth-order valence-electron chi connectivity index (χ4n) is 2.34. The molecular weight excluding hydrogens is 344 g/mol. The number of hydrogen-bond acceptors (Lipinski definition) is 3. The first kappa shape index (κ1) is 14.5. The predicted molar refractivity (Wildman–Crippen MR) is 88.9 cm³/mol. The Hall–Kier alpha value is -2.40. The zero-order chi connectivity index (χ0) is 15.7. The minimum atomic E-state index is -0.330. The van der Waals surface area contributed by atoms with Crippen LogP contribution in [0.1, 0.15) is 5.56 Å². The summed E-state index contributed by atoms with van der Waals surface area (Å²) in [6, 6.07) is 16.7. The number of benzene rings is 2. The van der Waals surface area contributed by atoms with Crippen LogP contribution in [0, 0.1) is 0 Å². The van der Waals surface area contributed by atoms with Gasteiger partial charge in [-0.3, -0.25) is 14.5 Å². The summed E-state index contributed by atoms with van der Waals surface area (Å²) in [5.74, 6) is -0.627. The van der Waals surface area contributed by atoms with E-state index < -0.39 is 0 Å². The third kappa shape index (κ3) is 2.55. The largest absolute Gasteiger partial charge is 0.350 e.